The van der Waals surface area contributed by atoms with Crippen LogP contribution in [0.5, 0.6) is 0 Å². The molecule has 1 amide bonds. The number of alkyl halides is 3. The molecule has 0 fully saturated rings. The Labute approximate surface area is 209 Å². The summed E-state index contributed by atoms with van der Waals surface area (Å²) >= 11 is 18.5. The van der Waals surface area contributed by atoms with Crippen LogP contribution in [0, 0.1) is 0 Å². The average Bonchev–Trinajstić information content (AvgIpc) is 3.12. The van der Waals surface area contributed by atoms with Gasteiger partial charge in [0.25, 0.3) is 0 Å². The highest BCUT2D eigenvalue weighted by atomic mass is 35.5. The fourth-order valence-electron chi connectivity index (χ4n) is 3.43. The SMILES string of the molecule is NC(=O)c1cc(C(F)(F)F)c(-n2c(Nc3c(Cl)cccc3Cl)nc3cc(C(=O)O)ccc32)cc1Cl. The molecule has 0 unspecified atom stereocenters. The molecule has 35 heavy (non-hydrogen) atoms. The van der Waals surface area contributed by atoms with E-state index >= 15 is 0 Å². The number of amides is 1. The Kier molecular flexibility index (Phi) is 6.31. The van der Waals surface area contributed by atoms with Crippen molar-refractivity contribution in [2.24, 2.45) is 5.73 Å². The van der Waals surface area contributed by atoms with E-state index in [2.05, 4.69) is 10.3 Å². The third-order valence-electron chi connectivity index (χ3n) is 5.00. The summed E-state index contributed by atoms with van der Waals surface area (Å²) in [5.74, 6) is -2.57. The smallest absolute Gasteiger partial charge is 0.418 e. The highest BCUT2D eigenvalue weighted by Gasteiger charge is 2.36. The van der Waals surface area contributed by atoms with E-state index in [4.69, 9.17) is 40.5 Å². The van der Waals surface area contributed by atoms with E-state index in [1.807, 2.05) is 0 Å². The van der Waals surface area contributed by atoms with Crippen LogP contribution in [-0.4, -0.2) is 26.5 Å². The number of carboxylic acids is 1. The van der Waals surface area contributed by atoms with Gasteiger partial charge in [0.05, 0.1) is 54.2 Å². The normalized spacial score (nSPS) is 11.6. The molecule has 3 aromatic carbocycles. The minimum absolute atomic E-state index is 0.0544. The van der Waals surface area contributed by atoms with Gasteiger partial charge in [0.1, 0.15) is 0 Å². The van der Waals surface area contributed by atoms with Crippen LogP contribution < -0.4 is 11.1 Å². The molecule has 1 aromatic heterocycles. The summed E-state index contributed by atoms with van der Waals surface area (Å²) in [5.41, 5.74) is 3.11. The van der Waals surface area contributed by atoms with Gasteiger partial charge in [0.2, 0.25) is 11.9 Å². The molecule has 0 aliphatic rings. The maximum Gasteiger partial charge on any atom is 0.418 e. The molecule has 0 atom stereocenters. The second-order valence-corrected chi connectivity index (χ2v) is 8.43. The van der Waals surface area contributed by atoms with Crippen LogP contribution in [0.25, 0.3) is 16.7 Å². The van der Waals surface area contributed by atoms with Crippen LogP contribution in [0.2, 0.25) is 15.1 Å². The number of benzene rings is 3. The number of carbonyl (C=O) groups is 2. The summed E-state index contributed by atoms with van der Waals surface area (Å²) in [4.78, 5) is 27.4. The average molecular weight is 544 g/mol. The summed E-state index contributed by atoms with van der Waals surface area (Å²) in [6.07, 6.45) is -4.93. The predicted octanol–water partition coefficient (Wildman–Crippen LogP) is 6.55. The first-order valence-electron chi connectivity index (χ1n) is 9.56. The number of primary amides is 1. The minimum atomic E-state index is -4.93. The van der Waals surface area contributed by atoms with Crippen molar-refractivity contribution in [2.45, 2.75) is 6.18 Å². The Morgan fingerprint density at radius 3 is 2.23 bits per heavy atom. The highest BCUT2D eigenvalue weighted by molar-refractivity contribution is 6.39. The summed E-state index contributed by atoms with van der Waals surface area (Å²) in [6, 6.07) is 9.75. The Morgan fingerprint density at radius 1 is 1.00 bits per heavy atom. The van der Waals surface area contributed by atoms with Crippen molar-refractivity contribution in [2.75, 3.05) is 5.32 Å². The summed E-state index contributed by atoms with van der Waals surface area (Å²) < 4.78 is 43.4. The van der Waals surface area contributed by atoms with E-state index in [0.29, 0.717) is 6.07 Å². The summed E-state index contributed by atoms with van der Waals surface area (Å²) in [7, 11) is 0. The van der Waals surface area contributed by atoms with Gasteiger partial charge in [-0.1, -0.05) is 40.9 Å². The molecule has 13 heteroatoms. The quantitative estimate of drug-likeness (QED) is 0.265. The monoisotopic (exact) mass is 542 g/mol. The molecule has 7 nitrogen and oxygen atoms in total. The standard InChI is InChI=1S/C22H12Cl3F3N4O3/c23-12-2-1-3-13(24)18(12)31-21-30-15-6-9(20(34)35)4-5-16(15)32(21)17-8-14(25)10(19(29)33)7-11(17)22(26,27)28/h1-8H,(H2,29,33)(H,30,31)(H,34,35). The van der Waals surface area contributed by atoms with Gasteiger partial charge >= 0.3 is 12.1 Å². The number of hydrogen-bond acceptors (Lipinski definition) is 4. The number of aromatic nitrogens is 2. The molecular formula is C22H12Cl3F3N4O3. The minimum Gasteiger partial charge on any atom is -0.478 e. The Balaban J connectivity index is 2.08. The topological polar surface area (TPSA) is 110 Å². The zero-order valence-corrected chi connectivity index (χ0v) is 19.4. The van der Waals surface area contributed by atoms with E-state index < -0.39 is 34.9 Å². The van der Waals surface area contributed by atoms with Crippen LogP contribution in [0.4, 0.5) is 24.8 Å². The van der Waals surface area contributed by atoms with Crippen molar-refractivity contribution in [1.82, 2.24) is 9.55 Å². The highest BCUT2D eigenvalue weighted by Crippen LogP contribution is 2.41. The second kappa shape index (κ2) is 8.95. The Hall–Kier alpha value is -3.47. The molecule has 0 saturated carbocycles. The molecule has 0 radical (unpaired) electrons. The lowest BCUT2D eigenvalue weighted by Gasteiger charge is -2.19. The molecule has 0 spiro atoms. The number of nitrogens with zero attached hydrogens (tertiary/aromatic N) is 2. The molecular weight excluding hydrogens is 532 g/mol. The number of carbonyl (C=O) groups excluding carboxylic acids is 1. The predicted molar refractivity (Wildman–Crippen MR) is 126 cm³/mol. The van der Waals surface area contributed by atoms with Crippen molar-refractivity contribution in [3.63, 3.8) is 0 Å². The van der Waals surface area contributed by atoms with Crippen molar-refractivity contribution in [3.8, 4) is 5.69 Å². The van der Waals surface area contributed by atoms with Gasteiger partial charge in [0, 0.05) is 0 Å². The van der Waals surface area contributed by atoms with Crippen molar-refractivity contribution >= 4 is 69.3 Å². The van der Waals surface area contributed by atoms with Crippen LogP contribution in [-0.2, 0) is 6.18 Å². The molecule has 0 aliphatic carbocycles. The van der Waals surface area contributed by atoms with E-state index in [1.165, 1.54) is 30.3 Å². The maximum atomic E-state index is 14.1. The zero-order chi connectivity index (χ0) is 25.7. The first kappa shape index (κ1) is 24.6. The van der Waals surface area contributed by atoms with E-state index in [0.717, 1.165) is 10.6 Å². The lowest BCUT2D eigenvalue weighted by molar-refractivity contribution is -0.137. The fourth-order valence-corrected chi connectivity index (χ4v) is 4.18. The molecule has 0 bridgehead atoms. The van der Waals surface area contributed by atoms with E-state index in [9.17, 15) is 27.9 Å². The number of nitrogens with two attached hydrogens (primary N) is 1. The van der Waals surface area contributed by atoms with Crippen LogP contribution in [0.3, 0.4) is 0 Å². The summed E-state index contributed by atoms with van der Waals surface area (Å²) in [5, 5.41) is 12.1. The number of fused-ring (bicyclic) bond motifs is 1. The van der Waals surface area contributed by atoms with Crippen LogP contribution in [0.15, 0.2) is 48.5 Å². The molecule has 0 saturated heterocycles. The molecule has 4 rings (SSSR count). The summed E-state index contributed by atoms with van der Waals surface area (Å²) in [6.45, 7) is 0. The fraction of sp³-hybridized carbons (Fsp3) is 0.0455. The van der Waals surface area contributed by atoms with Crippen LogP contribution in [0.1, 0.15) is 26.3 Å². The number of anilines is 2. The van der Waals surface area contributed by atoms with Crippen molar-refractivity contribution in [1.29, 1.82) is 0 Å². The first-order valence-corrected chi connectivity index (χ1v) is 10.7. The number of rotatable bonds is 5. The second-order valence-electron chi connectivity index (χ2n) is 7.21. The van der Waals surface area contributed by atoms with Crippen LogP contribution >= 0.6 is 34.8 Å². The largest absolute Gasteiger partial charge is 0.478 e. The third-order valence-corrected chi connectivity index (χ3v) is 5.94. The Morgan fingerprint density at radius 2 is 1.66 bits per heavy atom. The molecule has 180 valence electrons. The molecule has 4 aromatic rings. The van der Waals surface area contributed by atoms with Gasteiger partial charge < -0.3 is 16.2 Å². The third kappa shape index (κ3) is 4.60. The number of para-hydroxylation sites is 1. The van der Waals surface area contributed by atoms with Gasteiger partial charge in [-0.15, -0.1) is 0 Å². The zero-order valence-electron chi connectivity index (χ0n) is 17.1. The van der Waals surface area contributed by atoms with Crippen molar-refractivity contribution < 1.29 is 27.9 Å². The lowest BCUT2D eigenvalue weighted by Crippen LogP contribution is -2.17. The first-order chi connectivity index (χ1) is 16.4. The number of imidazole rings is 1. The van der Waals surface area contributed by atoms with E-state index in [1.54, 1.807) is 6.07 Å². The number of halogens is 6. The maximum absolute atomic E-state index is 14.1. The number of hydrogen-bond donors (Lipinski definition) is 3. The van der Waals surface area contributed by atoms with Gasteiger partial charge in [-0.05, 0) is 42.5 Å². The number of carboxylic acid groups (broad SMARTS) is 1. The number of nitrogens with one attached hydrogen (secondary N) is 1. The van der Waals surface area contributed by atoms with Crippen molar-refractivity contribution in [3.05, 3.63) is 80.3 Å². The van der Waals surface area contributed by atoms with Gasteiger partial charge in [0.15, 0.2) is 0 Å². The Bertz CT molecular complexity index is 1500. The van der Waals surface area contributed by atoms with E-state index in [-0.39, 0.29) is 43.3 Å². The lowest BCUT2D eigenvalue weighted by atomic mass is 10.1. The van der Waals surface area contributed by atoms with Gasteiger partial charge in [-0.2, -0.15) is 13.2 Å². The molecule has 1 heterocycles. The van der Waals surface area contributed by atoms with Gasteiger partial charge in [-0.25, -0.2) is 9.78 Å². The number of aromatic carboxylic acids is 1. The molecule has 0 aliphatic heterocycles. The molecule has 4 N–H and O–H groups in total. The van der Waals surface area contributed by atoms with Gasteiger partial charge in [-0.3, -0.25) is 9.36 Å².